The van der Waals surface area contributed by atoms with Crippen molar-refractivity contribution in [3.63, 3.8) is 0 Å². The first-order chi connectivity index (χ1) is 16.6. The normalized spacial score (nSPS) is 15.2. The van der Waals surface area contributed by atoms with Crippen LogP contribution in [0, 0.1) is 0 Å². The molecule has 194 valence electrons. The fraction of sp³-hybridized carbons (Fsp3) is 0.333. The number of ether oxygens (including phenoxy) is 1. The molecule has 1 unspecified atom stereocenters. The molecule has 8 nitrogen and oxygen atoms in total. The Morgan fingerprint density at radius 2 is 1.83 bits per heavy atom. The SMILES string of the molecule is C.CC(O)N1CCN(c2ccc(Nc3nc(N)c(C(=O)c4cccc(OC(F)(F)F)c4)s3)cc2)CC1. The molecule has 1 aromatic heterocycles. The average Bonchev–Trinajstić information content (AvgIpc) is 3.18. The minimum atomic E-state index is -4.86. The molecule has 12 heteroatoms. The number of carbonyl (C=O) groups is 1. The molecule has 0 radical (unpaired) electrons. The van der Waals surface area contributed by atoms with Crippen molar-refractivity contribution in [2.75, 3.05) is 42.1 Å². The Morgan fingerprint density at radius 1 is 1.17 bits per heavy atom. The monoisotopic (exact) mass is 523 g/mol. The van der Waals surface area contributed by atoms with Crippen LogP contribution in [0.4, 0.5) is 35.5 Å². The average molecular weight is 524 g/mol. The highest BCUT2D eigenvalue weighted by molar-refractivity contribution is 7.18. The van der Waals surface area contributed by atoms with Crippen LogP contribution in [0.1, 0.15) is 29.6 Å². The molecule has 0 spiro atoms. The number of carbonyl (C=O) groups excluding carboxylic acids is 1. The van der Waals surface area contributed by atoms with Gasteiger partial charge in [0.05, 0.1) is 0 Å². The lowest BCUT2D eigenvalue weighted by molar-refractivity contribution is -0.274. The number of piperazine rings is 1. The van der Waals surface area contributed by atoms with E-state index in [1.54, 1.807) is 6.92 Å². The molecule has 4 N–H and O–H groups in total. The summed E-state index contributed by atoms with van der Waals surface area (Å²) in [6, 6.07) is 12.5. The first kappa shape index (κ1) is 27.2. The lowest BCUT2D eigenvalue weighted by atomic mass is 10.1. The molecule has 2 heterocycles. The number of hydrogen-bond donors (Lipinski definition) is 3. The zero-order valence-electron chi connectivity index (χ0n) is 18.7. The Hall–Kier alpha value is -3.35. The lowest BCUT2D eigenvalue weighted by Gasteiger charge is -2.37. The second-order valence-electron chi connectivity index (χ2n) is 7.96. The fourth-order valence-electron chi connectivity index (χ4n) is 3.75. The molecule has 1 saturated heterocycles. The van der Waals surface area contributed by atoms with Crippen LogP contribution in [0.2, 0.25) is 0 Å². The van der Waals surface area contributed by atoms with Gasteiger partial charge in [-0.05, 0) is 43.3 Å². The zero-order valence-corrected chi connectivity index (χ0v) is 19.6. The number of thiazole rings is 1. The first-order valence-electron chi connectivity index (χ1n) is 10.8. The van der Waals surface area contributed by atoms with Gasteiger partial charge < -0.3 is 25.8 Å². The van der Waals surface area contributed by atoms with E-state index in [-0.39, 0.29) is 23.7 Å². The summed E-state index contributed by atoms with van der Waals surface area (Å²) in [7, 11) is 0. The van der Waals surface area contributed by atoms with Gasteiger partial charge in [-0.2, -0.15) is 0 Å². The van der Waals surface area contributed by atoms with Crippen molar-refractivity contribution in [1.82, 2.24) is 9.88 Å². The van der Waals surface area contributed by atoms with E-state index in [2.05, 4.69) is 19.9 Å². The van der Waals surface area contributed by atoms with Crippen LogP contribution in [0.25, 0.3) is 0 Å². The minimum Gasteiger partial charge on any atom is -0.406 e. The van der Waals surface area contributed by atoms with Crippen LogP contribution in [-0.2, 0) is 0 Å². The van der Waals surface area contributed by atoms with E-state index in [1.165, 1.54) is 12.1 Å². The molecule has 0 saturated carbocycles. The van der Waals surface area contributed by atoms with Gasteiger partial charge in [0, 0.05) is 43.1 Å². The predicted molar refractivity (Wildman–Crippen MR) is 135 cm³/mol. The number of aliphatic hydroxyl groups is 1. The number of aliphatic hydroxyl groups excluding tert-OH is 1. The summed E-state index contributed by atoms with van der Waals surface area (Å²) in [6.07, 6.45) is -5.31. The third-order valence-electron chi connectivity index (χ3n) is 5.52. The van der Waals surface area contributed by atoms with Gasteiger partial charge >= 0.3 is 6.36 Å². The number of hydrogen-bond acceptors (Lipinski definition) is 9. The van der Waals surface area contributed by atoms with E-state index in [0.29, 0.717) is 5.13 Å². The summed E-state index contributed by atoms with van der Waals surface area (Å²) >= 11 is 1.01. The number of nitrogens with zero attached hydrogens (tertiary/aromatic N) is 3. The predicted octanol–water partition coefficient (Wildman–Crippen LogP) is 4.69. The molecule has 0 amide bonds. The van der Waals surface area contributed by atoms with Crippen LogP contribution in [0.5, 0.6) is 5.75 Å². The highest BCUT2D eigenvalue weighted by Gasteiger charge is 2.31. The van der Waals surface area contributed by atoms with Gasteiger partial charge in [0.1, 0.15) is 22.7 Å². The molecule has 1 atom stereocenters. The summed E-state index contributed by atoms with van der Waals surface area (Å²) in [5.41, 5.74) is 7.73. The van der Waals surface area contributed by atoms with Crippen molar-refractivity contribution in [2.24, 2.45) is 0 Å². The Morgan fingerprint density at radius 3 is 2.44 bits per heavy atom. The summed E-state index contributed by atoms with van der Waals surface area (Å²) < 4.78 is 41.4. The van der Waals surface area contributed by atoms with Crippen LogP contribution < -0.4 is 20.7 Å². The molecular formula is C24H28F3N5O3S. The molecular weight excluding hydrogens is 495 g/mol. The maximum absolute atomic E-state index is 12.8. The van der Waals surface area contributed by atoms with Crippen molar-refractivity contribution in [2.45, 2.75) is 26.9 Å². The molecule has 1 aliphatic heterocycles. The van der Waals surface area contributed by atoms with E-state index in [0.717, 1.165) is 61.0 Å². The Kier molecular flexibility index (Phi) is 8.43. The molecule has 3 aromatic rings. The van der Waals surface area contributed by atoms with Crippen molar-refractivity contribution in [1.29, 1.82) is 0 Å². The van der Waals surface area contributed by atoms with Crippen LogP contribution in [0.3, 0.4) is 0 Å². The van der Waals surface area contributed by atoms with Crippen molar-refractivity contribution in [3.8, 4) is 5.75 Å². The molecule has 2 aromatic carbocycles. The van der Waals surface area contributed by atoms with Gasteiger partial charge in [-0.3, -0.25) is 9.69 Å². The van der Waals surface area contributed by atoms with Crippen LogP contribution in [-0.4, -0.2) is 59.5 Å². The van der Waals surface area contributed by atoms with Gasteiger partial charge in [-0.25, -0.2) is 4.98 Å². The number of rotatable bonds is 7. The number of halogens is 3. The number of anilines is 4. The molecule has 0 bridgehead atoms. The molecule has 36 heavy (non-hydrogen) atoms. The summed E-state index contributed by atoms with van der Waals surface area (Å²) in [5, 5.41) is 13.2. The molecule has 1 fully saturated rings. The van der Waals surface area contributed by atoms with E-state index < -0.39 is 24.1 Å². The number of nitrogen functional groups attached to an aromatic ring is 1. The quantitative estimate of drug-likeness (QED) is 0.383. The zero-order chi connectivity index (χ0) is 25.2. The van der Waals surface area contributed by atoms with Gasteiger partial charge in [0.2, 0.25) is 5.78 Å². The number of ketones is 1. The third kappa shape index (κ3) is 6.65. The van der Waals surface area contributed by atoms with E-state index in [4.69, 9.17) is 5.73 Å². The summed E-state index contributed by atoms with van der Waals surface area (Å²) in [5.74, 6) is -1.05. The molecule has 0 aliphatic carbocycles. The maximum atomic E-state index is 12.8. The first-order valence-corrected chi connectivity index (χ1v) is 11.6. The summed E-state index contributed by atoms with van der Waals surface area (Å²) in [6.45, 7) is 4.93. The lowest BCUT2D eigenvalue weighted by Crippen LogP contribution is -2.49. The van der Waals surface area contributed by atoms with E-state index in [1.807, 2.05) is 29.2 Å². The number of alkyl halides is 3. The van der Waals surface area contributed by atoms with Crippen molar-refractivity contribution in [3.05, 3.63) is 59.0 Å². The largest absolute Gasteiger partial charge is 0.573 e. The highest BCUT2D eigenvalue weighted by Crippen LogP contribution is 2.32. The Balaban J connectivity index is 0.00000361. The Bertz CT molecular complexity index is 1180. The minimum absolute atomic E-state index is 0. The van der Waals surface area contributed by atoms with Gasteiger partial charge in [-0.1, -0.05) is 30.9 Å². The van der Waals surface area contributed by atoms with Crippen LogP contribution >= 0.6 is 11.3 Å². The van der Waals surface area contributed by atoms with Gasteiger partial charge in [0.25, 0.3) is 0 Å². The summed E-state index contributed by atoms with van der Waals surface area (Å²) in [4.78, 5) is 21.4. The number of nitrogens with two attached hydrogens (primary N) is 1. The number of benzene rings is 2. The standard InChI is InChI=1S/C23H24F3N5O3S.CH4/c1-14(32)30-9-11-31(12-10-30)17-7-5-16(6-8-17)28-22-29-21(27)20(35-22)19(33)15-3-2-4-18(13-15)34-23(24,25)26;/h2-8,13-14,32H,9-12,27H2,1H3,(H,28,29);1H4. The van der Waals surface area contributed by atoms with Gasteiger partial charge in [0.15, 0.2) is 5.13 Å². The molecule has 1 aliphatic rings. The highest BCUT2D eigenvalue weighted by atomic mass is 32.1. The second kappa shape index (κ2) is 11.1. The second-order valence-corrected chi connectivity index (χ2v) is 8.96. The Labute approximate surface area is 211 Å². The maximum Gasteiger partial charge on any atom is 0.573 e. The third-order valence-corrected chi connectivity index (χ3v) is 6.50. The smallest absolute Gasteiger partial charge is 0.406 e. The number of nitrogens with one attached hydrogen (secondary N) is 1. The van der Waals surface area contributed by atoms with E-state index in [9.17, 15) is 23.1 Å². The molecule has 4 rings (SSSR count). The van der Waals surface area contributed by atoms with Crippen molar-refractivity contribution < 1.29 is 27.8 Å². The van der Waals surface area contributed by atoms with Gasteiger partial charge in [-0.15, -0.1) is 13.2 Å². The fourth-order valence-corrected chi connectivity index (χ4v) is 4.61. The van der Waals surface area contributed by atoms with E-state index >= 15 is 0 Å². The van der Waals surface area contributed by atoms with Crippen LogP contribution in [0.15, 0.2) is 48.5 Å². The van der Waals surface area contributed by atoms with Crippen molar-refractivity contribution >= 4 is 39.4 Å². The number of aromatic nitrogens is 1. The topological polar surface area (TPSA) is 104 Å².